The minimum absolute atomic E-state index is 0.0802. The highest BCUT2D eigenvalue weighted by molar-refractivity contribution is 6.03. The van der Waals surface area contributed by atoms with E-state index in [1.54, 1.807) is 12.1 Å². The zero-order valence-corrected chi connectivity index (χ0v) is 14.7. The lowest BCUT2D eigenvalue weighted by atomic mass is 10.1. The number of aryl methyl sites for hydroxylation is 2. The third kappa shape index (κ3) is 3.68. The van der Waals surface area contributed by atoms with E-state index in [0.717, 1.165) is 22.4 Å². The number of hydrogen-bond acceptors (Lipinski definition) is 5. The average Bonchev–Trinajstić information content (AvgIpc) is 3.03. The second kappa shape index (κ2) is 6.76. The van der Waals surface area contributed by atoms with Crippen LogP contribution in [0.25, 0.3) is 11.5 Å². The van der Waals surface area contributed by atoms with Crippen molar-refractivity contribution in [1.29, 1.82) is 0 Å². The molecule has 0 saturated carbocycles. The minimum atomic E-state index is -0.291. The predicted octanol–water partition coefficient (Wildman–Crippen LogP) is 3.67. The van der Waals surface area contributed by atoms with Crippen molar-refractivity contribution < 1.29 is 9.21 Å². The number of aromatic nitrogens is 2. The topological polar surface area (TPSA) is 71.3 Å². The Balaban J connectivity index is 1.75. The van der Waals surface area contributed by atoms with E-state index >= 15 is 0 Å². The number of nitrogens with zero attached hydrogens (tertiary/aromatic N) is 3. The molecule has 0 spiro atoms. The molecular weight excluding hydrogens is 316 g/mol. The first-order chi connectivity index (χ1) is 11.9. The molecule has 1 aromatic heterocycles. The predicted molar refractivity (Wildman–Crippen MR) is 97.9 cm³/mol. The van der Waals surface area contributed by atoms with Gasteiger partial charge in [-0.15, -0.1) is 5.10 Å². The zero-order valence-electron chi connectivity index (χ0n) is 14.7. The summed E-state index contributed by atoms with van der Waals surface area (Å²) in [7, 11) is 3.89. The van der Waals surface area contributed by atoms with Crippen LogP contribution in [0.1, 0.15) is 21.5 Å². The van der Waals surface area contributed by atoms with Gasteiger partial charge < -0.3 is 9.32 Å². The van der Waals surface area contributed by atoms with Gasteiger partial charge in [0.1, 0.15) is 0 Å². The first kappa shape index (κ1) is 16.7. The van der Waals surface area contributed by atoms with Crippen LogP contribution in [0.5, 0.6) is 0 Å². The Hall–Kier alpha value is -3.15. The number of nitrogens with one attached hydrogen (secondary N) is 1. The molecular formula is C19H20N4O2. The molecule has 0 saturated heterocycles. The number of carbonyl (C=O) groups is 1. The van der Waals surface area contributed by atoms with E-state index in [4.69, 9.17) is 4.42 Å². The first-order valence-corrected chi connectivity index (χ1v) is 7.94. The van der Waals surface area contributed by atoms with Gasteiger partial charge in [-0.05, 0) is 49.7 Å². The van der Waals surface area contributed by atoms with Crippen molar-refractivity contribution in [3.8, 4) is 11.5 Å². The monoisotopic (exact) mass is 336 g/mol. The van der Waals surface area contributed by atoms with E-state index < -0.39 is 0 Å². The number of anilines is 2. The van der Waals surface area contributed by atoms with Crippen LogP contribution >= 0.6 is 0 Å². The summed E-state index contributed by atoms with van der Waals surface area (Å²) in [5.41, 5.74) is 4.61. The maximum atomic E-state index is 12.3. The Bertz CT molecular complexity index is 898. The maximum absolute atomic E-state index is 12.3. The number of rotatable bonds is 4. The Kier molecular flexibility index (Phi) is 4.52. The van der Waals surface area contributed by atoms with Gasteiger partial charge in [-0.3, -0.25) is 10.1 Å². The highest BCUT2D eigenvalue weighted by atomic mass is 16.4. The van der Waals surface area contributed by atoms with Gasteiger partial charge in [0.2, 0.25) is 5.89 Å². The smallest absolute Gasteiger partial charge is 0.322 e. The fraction of sp³-hybridized carbons (Fsp3) is 0.211. The van der Waals surface area contributed by atoms with Gasteiger partial charge in [0.25, 0.3) is 5.91 Å². The van der Waals surface area contributed by atoms with Gasteiger partial charge >= 0.3 is 6.01 Å². The average molecular weight is 336 g/mol. The van der Waals surface area contributed by atoms with Crippen LogP contribution in [0.2, 0.25) is 0 Å². The minimum Gasteiger partial charge on any atom is -0.403 e. The maximum Gasteiger partial charge on any atom is 0.322 e. The summed E-state index contributed by atoms with van der Waals surface area (Å²) >= 11 is 0. The summed E-state index contributed by atoms with van der Waals surface area (Å²) in [4.78, 5) is 14.3. The molecule has 0 aliphatic heterocycles. The van der Waals surface area contributed by atoms with Crippen LogP contribution in [0.15, 0.2) is 46.9 Å². The van der Waals surface area contributed by atoms with Crippen molar-refractivity contribution in [3.05, 3.63) is 59.2 Å². The van der Waals surface area contributed by atoms with E-state index in [2.05, 4.69) is 15.5 Å². The van der Waals surface area contributed by atoms with Gasteiger partial charge in [-0.2, -0.15) is 0 Å². The van der Waals surface area contributed by atoms with Crippen LogP contribution in [0.4, 0.5) is 11.7 Å². The zero-order chi connectivity index (χ0) is 18.0. The molecule has 1 heterocycles. The molecule has 0 bridgehead atoms. The molecule has 0 radical (unpaired) electrons. The fourth-order valence-electron chi connectivity index (χ4n) is 2.52. The quantitative estimate of drug-likeness (QED) is 0.787. The molecule has 0 aliphatic carbocycles. The van der Waals surface area contributed by atoms with E-state index in [1.165, 1.54) is 0 Å². The fourth-order valence-corrected chi connectivity index (χ4v) is 2.52. The molecule has 0 fully saturated rings. The normalized spacial score (nSPS) is 10.6. The second-order valence-corrected chi connectivity index (χ2v) is 6.13. The summed E-state index contributed by atoms with van der Waals surface area (Å²) in [6.07, 6.45) is 0. The van der Waals surface area contributed by atoms with Crippen molar-refractivity contribution in [1.82, 2.24) is 10.2 Å². The summed E-state index contributed by atoms with van der Waals surface area (Å²) in [5.74, 6) is 0.0943. The molecule has 1 amide bonds. The van der Waals surface area contributed by atoms with E-state index in [9.17, 15) is 4.79 Å². The summed E-state index contributed by atoms with van der Waals surface area (Å²) in [6.45, 7) is 4.01. The van der Waals surface area contributed by atoms with Crippen LogP contribution < -0.4 is 10.2 Å². The second-order valence-electron chi connectivity index (χ2n) is 6.13. The third-order valence-electron chi connectivity index (χ3n) is 3.90. The van der Waals surface area contributed by atoms with Crippen molar-refractivity contribution >= 4 is 17.6 Å². The lowest BCUT2D eigenvalue weighted by Gasteiger charge is -2.12. The Morgan fingerprint density at radius 1 is 1.04 bits per heavy atom. The summed E-state index contributed by atoms with van der Waals surface area (Å²) < 4.78 is 5.58. The molecule has 3 aromatic rings. The molecule has 1 N–H and O–H groups in total. The van der Waals surface area contributed by atoms with Crippen molar-refractivity contribution in [2.24, 2.45) is 0 Å². The number of amides is 1. The van der Waals surface area contributed by atoms with E-state index in [1.807, 2.05) is 63.2 Å². The van der Waals surface area contributed by atoms with Crippen LogP contribution in [-0.2, 0) is 0 Å². The standard InChI is InChI=1S/C19H20N4O2/c1-12-5-10-16(13(2)11-12)18-21-22-19(25-18)20-17(24)14-6-8-15(9-7-14)23(3)4/h5-11H,1-4H3,(H,20,22,24). The SMILES string of the molecule is Cc1ccc(-c2nnc(NC(=O)c3ccc(N(C)C)cc3)o2)c(C)c1. The lowest BCUT2D eigenvalue weighted by Crippen LogP contribution is -2.13. The molecule has 6 heteroatoms. The van der Waals surface area contributed by atoms with Gasteiger partial charge in [0.15, 0.2) is 0 Å². The largest absolute Gasteiger partial charge is 0.403 e. The number of hydrogen-bond donors (Lipinski definition) is 1. The Morgan fingerprint density at radius 2 is 1.76 bits per heavy atom. The first-order valence-electron chi connectivity index (χ1n) is 7.94. The lowest BCUT2D eigenvalue weighted by molar-refractivity contribution is 0.102. The van der Waals surface area contributed by atoms with E-state index in [-0.39, 0.29) is 11.9 Å². The Labute approximate surface area is 146 Å². The highest BCUT2D eigenvalue weighted by Crippen LogP contribution is 2.24. The highest BCUT2D eigenvalue weighted by Gasteiger charge is 2.14. The number of carbonyl (C=O) groups excluding carboxylic acids is 1. The van der Waals surface area contributed by atoms with Gasteiger partial charge in [0.05, 0.1) is 0 Å². The van der Waals surface area contributed by atoms with Gasteiger partial charge in [-0.25, -0.2) is 0 Å². The van der Waals surface area contributed by atoms with Crippen molar-refractivity contribution in [2.75, 3.05) is 24.3 Å². The van der Waals surface area contributed by atoms with Gasteiger partial charge in [-0.1, -0.05) is 22.8 Å². The Morgan fingerprint density at radius 3 is 2.40 bits per heavy atom. The molecule has 0 unspecified atom stereocenters. The molecule has 25 heavy (non-hydrogen) atoms. The molecule has 0 atom stereocenters. The van der Waals surface area contributed by atoms with Crippen molar-refractivity contribution in [2.45, 2.75) is 13.8 Å². The van der Waals surface area contributed by atoms with Crippen molar-refractivity contribution in [3.63, 3.8) is 0 Å². The molecule has 3 rings (SSSR count). The molecule has 0 aliphatic rings. The number of benzene rings is 2. The molecule has 6 nitrogen and oxygen atoms in total. The summed E-state index contributed by atoms with van der Waals surface area (Å²) in [5, 5.41) is 10.6. The van der Waals surface area contributed by atoms with E-state index in [0.29, 0.717) is 11.5 Å². The van der Waals surface area contributed by atoms with Crippen LogP contribution in [0.3, 0.4) is 0 Å². The molecule has 2 aromatic carbocycles. The molecule has 128 valence electrons. The van der Waals surface area contributed by atoms with Crippen LogP contribution in [-0.4, -0.2) is 30.2 Å². The van der Waals surface area contributed by atoms with Crippen LogP contribution in [0, 0.1) is 13.8 Å². The third-order valence-corrected chi connectivity index (χ3v) is 3.90. The summed E-state index contributed by atoms with van der Waals surface area (Å²) in [6, 6.07) is 13.3. The van der Waals surface area contributed by atoms with Gasteiger partial charge in [0, 0.05) is 30.9 Å².